The van der Waals surface area contributed by atoms with Crippen molar-refractivity contribution in [2.45, 2.75) is 39.0 Å². The number of aliphatic carboxylic acids is 1. The zero-order valence-electron chi connectivity index (χ0n) is 12.8. The van der Waals surface area contributed by atoms with Crippen molar-refractivity contribution >= 4 is 28.9 Å². The molecule has 0 aliphatic carbocycles. The van der Waals surface area contributed by atoms with Gasteiger partial charge in [0.15, 0.2) is 0 Å². The van der Waals surface area contributed by atoms with Crippen molar-refractivity contribution in [2.75, 3.05) is 0 Å². The Morgan fingerprint density at radius 3 is 2.83 bits per heavy atom. The predicted molar refractivity (Wildman–Crippen MR) is 91.1 cm³/mol. The van der Waals surface area contributed by atoms with E-state index in [0.29, 0.717) is 24.6 Å². The molecule has 23 heavy (non-hydrogen) atoms. The number of thiazole rings is 1. The summed E-state index contributed by atoms with van der Waals surface area (Å²) < 4.78 is 5.64. The molecule has 0 aliphatic heterocycles. The van der Waals surface area contributed by atoms with Gasteiger partial charge in [0.25, 0.3) is 0 Å². The number of rotatable bonds is 9. The molecular weight excluding hydrogens is 336 g/mol. The highest BCUT2D eigenvalue weighted by Crippen LogP contribution is 2.18. The molecule has 0 aliphatic rings. The van der Waals surface area contributed by atoms with E-state index >= 15 is 0 Å². The first kappa shape index (κ1) is 17.7. The SMILES string of the molecule is CCCC(NCc1csc(COc2ccc(Cl)cc2)n1)C(=O)O. The first-order valence-electron chi connectivity index (χ1n) is 7.36. The summed E-state index contributed by atoms with van der Waals surface area (Å²) in [6, 6.07) is 6.62. The maximum atomic E-state index is 11.1. The van der Waals surface area contributed by atoms with Gasteiger partial charge in [-0.05, 0) is 30.7 Å². The normalized spacial score (nSPS) is 12.1. The third kappa shape index (κ3) is 5.82. The van der Waals surface area contributed by atoms with Crippen LogP contribution in [-0.2, 0) is 17.9 Å². The Morgan fingerprint density at radius 2 is 2.17 bits per heavy atom. The summed E-state index contributed by atoms with van der Waals surface area (Å²) in [6.07, 6.45) is 1.42. The molecule has 1 unspecified atom stereocenters. The highest BCUT2D eigenvalue weighted by atomic mass is 35.5. The number of ether oxygens (including phenoxy) is 1. The van der Waals surface area contributed by atoms with Crippen LogP contribution < -0.4 is 10.1 Å². The second-order valence-corrected chi connectivity index (χ2v) is 6.41. The maximum absolute atomic E-state index is 11.1. The van der Waals surface area contributed by atoms with E-state index in [-0.39, 0.29) is 0 Å². The van der Waals surface area contributed by atoms with E-state index in [9.17, 15) is 4.79 Å². The van der Waals surface area contributed by atoms with Crippen molar-refractivity contribution in [2.24, 2.45) is 0 Å². The van der Waals surface area contributed by atoms with Gasteiger partial charge in [-0.2, -0.15) is 0 Å². The van der Waals surface area contributed by atoms with E-state index in [0.717, 1.165) is 22.9 Å². The minimum atomic E-state index is -0.826. The van der Waals surface area contributed by atoms with Gasteiger partial charge in [-0.1, -0.05) is 24.9 Å². The molecule has 0 spiro atoms. The number of hydrogen-bond donors (Lipinski definition) is 2. The molecule has 0 bridgehead atoms. The van der Waals surface area contributed by atoms with Crippen LogP contribution in [0.3, 0.4) is 0 Å². The zero-order chi connectivity index (χ0) is 16.7. The van der Waals surface area contributed by atoms with E-state index in [4.69, 9.17) is 21.4 Å². The van der Waals surface area contributed by atoms with E-state index in [1.54, 1.807) is 24.3 Å². The van der Waals surface area contributed by atoms with Gasteiger partial charge in [0.05, 0.1) is 5.69 Å². The van der Waals surface area contributed by atoms with Crippen molar-refractivity contribution < 1.29 is 14.6 Å². The smallest absolute Gasteiger partial charge is 0.320 e. The summed E-state index contributed by atoms with van der Waals surface area (Å²) in [5, 5.41) is 15.6. The summed E-state index contributed by atoms with van der Waals surface area (Å²) in [5.41, 5.74) is 0.826. The third-order valence-corrected chi connectivity index (χ3v) is 4.30. The number of hydrogen-bond acceptors (Lipinski definition) is 5. The molecule has 5 nitrogen and oxygen atoms in total. The van der Waals surface area contributed by atoms with E-state index < -0.39 is 12.0 Å². The molecule has 0 saturated heterocycles. The van der Waals surface area contributed by atoms with Crippen molar-refractivity contribution in [1.29, 1.82) is 0 Å². The van der Waals surface area contributed by atoms with Gasteiger partial charge < -0.3 is 9.84 Å². The van der Waals surface area contributed by atoms with Crippen LogP contribution in [0.15, 0.2) is 29.6 Å². The Labute approximate surface area is 144 Å². The number of carboxylic acids is 1. The number of halogens is 1. The lowest BCUT2D eigenvalue weighted by Crippen LogP contribution is -2.36. The van der Waals surface area contributed by atoms with Gasteiger partial charge in [-0.3, -0.25) is 10.1 Å². The van der Waals surface area contributed by atoms with Crippen LogP contribution >= 0.6 is 22.9 Å². The molecule has 0 amide bonds. The number of aromatic nitrogens is 1. The summed E-state index contributed by atoms with van der Waals surface area (Å²) >= 11 is 7.32. The summed E-state index contributed by atoms with van der Waals surface area (Å²) in [4.78, 5) is 15.5. The van der Waals surface area contributed by atoms with E-state index in [2.05, 4.69) is 10.3 Å². The molecular formula is C16H19ClN2O3S. The Morgan fingerprint density at radius 1 is 1.43 bits per heavy atom. The first-order chi connectivity index (χ1) is 11.1. The van der Waals surface area contributed by atoms with Crippen LogP contribution in [0.4, 0.5) is 0 Å². The molecule has 1 aromatic carbocycles. The molecule has 0 fully saturated rings. The topological polar surface area (TPSA) is 71.5 Å². The molecule has 7 heteroatoms. The van der Waals surface area contributed by atoms with Gasteiger partial charge in [-0.15, -0.1) is 11.3 Å². The molecule has 1 heterocycles. The van der Waals surface area contributed by atoms with Gasteiger partial charge in [0.1, 0.15) is 23.4 Å². The Bertz CT molecular complexity index is 631. The molecule has 1 aromatic heterocycles. The second-order valence-electron chi connectivity index (χ2n) is 5.04. The van der Waals surface area contributed by atoms with Crippen LogP contribution in [0.25, 0.3) is 0 Å². The molecule has 0 radical (unpaired) electrons. The van der Waals surface area contributed by atoms with E-state index in [1.807, 2.05) is 12.3 Å². The average Bonchev–Trinajstić information content (AvgIpc) is 2.98. The predicted octanol–water partition coefficient (Wildman–Crippen LogP) is 3.72. The van der Waals surface area contributed by atoms with Gasteiger partial charge in [0.2, 0.25) is 0 Å². The Hall–Kier alpha value is -1.63. The minimum absolute atomic E-state index is 0.379. The fourth-order valence-corrected chi connectivity index (χ4v) is 2.83. The van der Waals surface area contributed by atoms with Gasteiger partial charge >= 0.3 is 5.97 Å². The Balaban J connectivity index is 1.83. The lowest BCUT2D eigenvalue weighted by molar-refractivity contribution is -0.139. The van der Waals surface area contributed by atoms with Crippen molar-refractivity contribution in [3.8, 4) is 5.75 Å². The van der Waals surface area contributed by atoms with Crippen LogP contribution in [-0.4, -0.2) is 22.1 Å². The summed E-state index contributed by atoms with van der Waals surface area (Å²) in [6.45, 7) is 2.78. The molecule has 2 N–H and O–H groups in total. The largest absolute Gasteiger partial charge is 0.486 e. The van der Waals surface area contributed by atoms with Gasteiger partial charge in [-0.25, -0.2) is 4.98 Å². The van der Waals surface area contributed by atoms with Crippen molar-refractivity contribution in [3.63, 3.8) is 0 Å². The van der Waals surface area contributed by atoms with Crippen LogP contribution in [0, 0.1) is 0 Å². The highest BCUT2D eigenvalue weighted by Gasteiger charge is 2.15. The fourth-order valence-electron chi connectivity index (χ4n) is 2.00. The molecule has 1 atom stereocenters. The maximum Gasteiger partial charge on any atom is 0.320 e. The summed E-state index contributed by atoms with van der Waals surface area (Å²) in [5.74, 6) is -0.0912. The Kier molecular flexibility index (Phi) is 6.83. The van der Waals surface area contributed by atoms with Crippen molar-refractivity contribution in [1.82, 2.24) is 10.3 Å². The van der Waals surface area contributed by atoms with Crippen LogP contribution in [0.2, 0.25) is 5.02 Å². The monoisotopic (exact) mass is 354 g/mol. The minimum Gasteiger partial charge on any atom is -0.486 e. The molecule has 0 saturated carbocycles. The average molecular weight is 355 g/mol. The van der Waals surface area contributed by atoms with Crippen LogP contribution in [0.5, 0.6) is 5.75 Å². The van der Waals surface area contributed by atoms with Crippen molar-refractivity contribution in [3.05, 3.63) is 45.4 Å². The number of carbonyl (C=O) groups is 1. The molecule has 2 rings (SSSR count). The van der Waals surface area contributed by atoms with Crippen LogP contribution in [0.1, 0.15) is 30.5 Å². The third-order valence-electron chi connectivity index (χ3n) is 3.18. The first-order valence-corrected chi connectivity index (χ1v) is 8.62. The van der Waals surface area contributed by atoms with Gasteiger partial charge in [0, 0.05) is 16.9 Å². The zero-order valence-corrected chi connectivity index (χ0v) is 14.4. The number of nitrogens with one attached hydrogen (secondary N) is 1. The summed E-state index contributed by atoms with van der Waals surface area (Å²) in [7, 11) is 0. The standard InChI is InChI=1S/C16H19ClN2O3S/c1-2-3-14(16(20)21)18-8-12-10-23-15(19-12)9-22-13-6-4-11(17)5-7-13/h4-7,10,14,18H,2-3,8-9H2,1H3,(H,20,21). The molecule has 2 aromatic rings. The number of carboxylic acid groups (broad SMARTS) is 1. The lowest BCUT2D eigenvalue weighted by Gasteiger charge is -2.12. The highest BCUT2D eigenvalue weighted by molar-refractivity contribution is 7.09. The lowest BCUT2D eigenvalue weighted by atomic mass is 10.1. The number of nitrogens with zero attached hydrogens (tertiary/aromatic N) is 1. The second kappa shape index (κ2) is 8.86. The van der Waals surface area contributed by atoms with E-state index in [1.165, 1.54) is 11.3 Å². The quantitative estimate of drug-likeness (QED) is 0.718. The number of benzene rings is 1. The fraction of sp³-hybridized carbons (Fsp3) is 0.375. The molecule has 124 valence electrons.